The zero-order valence-corrected chi connectivity index (χ0v) is 11.8. The molecule has 1 aromatic heterocycles. The summed E-state index contributed by atoms with van der Waals surface area (Å²) >= 11 is 1.25. The van der Waals surface area contributed by atoms with Gasteiger partial charge >= 0.3 is 5.97 Å². The number of carboxylic acid groups (broad SMARTS) is 1. The number of anilines is 1. The molecule has 2 aromatic rings. The average molecular weight is 276 g/mol. The minimum atomic E-state index is -0.936. The number of hydrogen-bond donors (Lipinski definition) is 2. The molecule has 2 rings (SSSR count). The minimum Gasteiger partial charge on any atom is -0.477 e. The van der Waals surface area contributed by atoms with E-state index in [1.165, 1.54) is 11.3 Å². The van der Waals surface area contributed by atoms with Gasteiger partial charge in [-0.15, -0.1) is 11.3 Å². The first-order chi connectivity index (χ1) is 9.02. The van der Waals surface area contributed by atoms with Crippen LogP contribution in [0, 0.1) is 6.92 Å². The number of rotatable bonds is 4. The molecular weight excluding hydrogens is 260 g/mol. The van der Waals surface area contributed by atoms with Crippen molar-refractivity contribution in [2.45, 2.75) is 26.7 Å². The van der Waals surface area contributed by atoms with E-state index >= 15 is 0 Å². The van der Waals surface area contributed by atoms with E-state index in [2.05, 4.69) is 4.98 Å². The molecule has 0 fully saturated rings. The van der Waals surface area contributed by atoms with E-state index in [1.807, 2.05) is 26.0 Å². The lowest BCUT2D eigenvalue weighted by Crippen LogP contribution is -1.96. The van der Waals surface area contributed by atoms with Crippen molar-refractivity contribution in [1.29, 1.82) is 0 Å². The van der Waals surface area contributed by atoms with Gasteiger partial charge in [0.1, 0.15) is 4.88 Å². The van der Waals surface area contributed by atoms with Gasteiger partial charge in [0.05, 0.1) is 10.7 Å². The number of carbonyl (C=O) groups is 1. The Bertz CT molecular complexity index is 620. The molecule has 0 aliphatic rings. The van der Waals surface area contributed by atoms with E-state index in [0.29, 0.717) is 11.4 Å². The molecule has 1 aromatic carbocycles. The van der Waals surface area contributed by atoms with Crippen molar-refractivity contribution in [3.63, 3.8) is 0 Å². The number of aromatic carboxylic acids is 1. The van der Waals surface area contributed by atoms with Crippen LogP contribution in [0.15, 0.2) is 18.2 Å². The van der Waals surface area contributed by atoms with Gasteiger partial charge in [0.15, 0.2) is 0 Å². The average Bonchev–Trinajstić information content (AvgIpc) is 2.77. The molecule has 0 aliphatic heterocycles. The fourth-order valence-electron chi connectivity index (χ4n) is 1.81. The highest BCUT2D eigenvalue weighted by molar-refractivity contribution is 7.14. The molecule has 1 heterocycles. The summed E-state index contributed by atoms with van der Waals surface area (Å²) in [6.07, 6.45) is 1.74. The van der Waals surface area contributed by atoms with Crippen molar-refractivity contribution < 1.29 is 9.90 Å². The molecule has 0 aliphatic carbocycles. The Balaban J connectivity index is 2.53. The first-order valence-corrected chi connectivity index (χ1v) is 6.94. The van der Waals surface area contributed by atoms with Crippen LogP contribution in [0.4, 0.5) is 5.69 Å². The summed E-state index contributed by atoms with van der Waals surface area (Å²) < 4.78 is 0. The topological polar surface area (TPSA) is 76.2 Å². The van der Waals surface area contributed by atoms with Crippen LogP contribution in [0.25, 0.3) is 11.3 Å². The van der Waals surface area contributed by atoms with Crippen molar-refractivity contribution in [1.82, 2.24) is 4.98 Å². The maximum atomic E-state index is 11.3. The van der Waals surface area contributed by atoms with Gasteiger partial charge in [0.25, 0.3) is 0 Å². The van der Waals surface area contributed by atoms with E-state index in [4.69, 9.17) is 5.73 Å². The first kappa shape index (κ1) is 13.5. The molecule has 0 radical (unpaired) electrons. The fraction of sp³-hybridized carbons (Fsp3) is 0.286. The Morgan fingerprint density at radius 2 is 2.21 bits per heavy atom. The van der Waals surface area contributed by atoms with Gasteiger partial charge in [-0.3, -0.25) is 0 Å². The second-order valence-electron chi connectivity index (χ2n) is 4.41. The monoisotopic (exact) mass is 276 g/mol. The van der Waals surface area contributed by atoms with Crippen LogP contribution in [0.1, 0.15) is 33.6 Å². The SMILES string of the molecule is CCCc1nc(-c2ccc(C)c(N)c2)c(C(=O)O)s1. The number of carboxylic acids is 1. The highest BCUT2D eigenvalue weighted by Gasteiger charge is 2.18. The Kier molecular flexibility index (Phi) is 3.85. The number of thiazole rings is 1. The maximum Gasteiger partial charge on any atom is 0.348 e. The number of hydrogen-bond acceptors (Lipinski definition) is 4. The first-order valence-electron chi connectivity index (χ1n) is 6.12. The van der Waals surface area contributed by atoms with Crippen molar-refractivity contribution in [3.8, 4) is 11.3 Å². The number of nitrogens with two attached hydrogens (primary N) is 1. The smallest absolute Gasteiger partial charge is 0.348 e. The summed E-state index contributed by atoms with van der Waals surface area (Å²) in [6.45, 7) is 3.96. The predicted octanol–water partition coefficient (Wildman–Crippen LogP) is 3.35. The van der Waals surface area contributed by atoms with Gasteiger partial charge in [-0.2, -0.15) is 0 Å². The number of aryl methyl sites for hydroxylation is 2. The largest absolute Gasteiger partial charge is 0.477 e. The number of nitrogens with zero attached hydrogens (tertiary/aromatic N) is 1. The van der Waals surface area contributed by atoms with Crippen LogP contribution in [-0.4, -0.2) is 16.1 Å². The Morgan fingerprint density at radius 3 is 2.79 bits per heavy atom. The van der Waals surface area contributed by atoms with Gasteiger partial charge in [-0.25, -0.2) is 9.78 Å². The molecule has 3 N–H and O–H groups in total. The molecule has 0 amide bonds. The molecule has 100 valence electrons. The highest BCUT2D eigenvalue weighted by Crippen LogP contribution is 2.30. The van der Waals surface area contributed by atoms with Gasteiger partial charge in [-0.1, -0.05) is 19.1 Å². The summed E-state index contributed by atoms with van der Waals surface area (Å²) in [4.78, 5) is 16.0. The van der Waals surface area contributed by atoms with Crippen molar-refractivity contribution >= 4 is 23.0 Å². The van der Waals surface area contributed by atoms with Crippen LogP contribution < -0.4 is 5.73 Å². The second-order valence-corrected chi connectivity index (χ2v) is 5.50. The van der Waals surface area contributed by atoms with E-state index in [1.54, 1.807) is 6.07 Å². The van der Waals surface area contributed by atoms with E-state index in [-0.39, 0.29) is 4.88 Å². The van der Waals surface area contributed by atoms with E-state index < -0.39 is 5.97 Å². The maximum absolute atomic E-state index is 11.3. The van der Waals surface area contributed by atoms with Gasteiger partial charge in [0, 0.05) is 11.3 Å². The Hall–Kier alpha value is -1.88. The van der Waals surface area contributed by atoms with Gasteiger partial charge in [-0.05, 0) is 31.4 Å². The number of benzene rings is 1. The molecule has 0 bridgehead atoms. The summed E-state index contributed by atoms with van der Waals surface area (Å²) in [5.41, 5.74) is 8.79. The normalized spacial score (nSPS) is 10.6. The summed E-state index contributed by atoms with van der Waals surface area (Å²) in [7, 11) is 0. The van der Waals surface area contributed by atoms with Crippen LogP contribution in [0.3, 0.4) is 0 Å². The molecule has 0 saturated carbocycles. The lowest BCUT2D eigenvalue weighted by molar-refractivity contribution is 0.0702. The standard InChI is InChI=1S/C14H16N2O2S/c1-3-4-11-16-12(13(19-11)14(17)18)9-6-5-8(2)10(15)7-9/h5-7H,3-4,15H2,1-2H3,(H,17,18). The third-order valence-electron chi connectivity index (χ3n) is 2.88. The third-order valence-corrected chi connectivity index (χ3v) is 3.99. The molecular formula is C14H16N2O2S. The van der Waals surface area contributed by atoms with Gasteiger partial charge in [0.2, 0.25) is 0 Å². The molecule has 4 nitrogen and oxygen atoms in total. The molecule has 0 atom stereocenters. The zero-order chi connectivity index (χ0) is 14.0. The molecule has 0 unspecified atom stereocenters. The summed E-state index contributed by atoms with van der Waals surface area (Å²) in [6, 6.07) is 5.53. The zero-order valence-electron chi connectivity index (χ0n) is 10.9. The van der Waals surface area contributed by atoms with Crippen molar-refractivity contribution in [2.24, 2.45) is 0 Å². The van der Waals surface area contributed by atoms with Crippen molar-refractivity contribution in [3.05, 3.63) is 33.6 Å². The van der Waals surface area contributed by atoms with Crippen LogP contribution in [0.2, 0.25) is 0 Å². The summed E-state index contributed by atoms with van der Waals surface area (Å²) in [5.74, 6) is -0.936. The third kappa shape index (κ3) is 2.76. The molecule has 5 heteroatoms. The Labute approximate surface area is 115 Å². The minimum absolute atomic E-state index is 0.284. The lowest BCUT2D eigenvalue weighted by atomic mass is 10.1. The highest BCUT2D eigenvalue weighted by atomic mass is 32.1. The van der Waals surface area contributed by atoms with Crippen LogP contribution in [0.5, 0.6) is 0 Å². The quantitative estimate of drug-likeness (QED) is 0.840. The van der Waals surface area contributed by atoms with E-state index in [0.717, 1.165) is 29.0 Å². The molecule has 0 spiro atoms. The summed E-state index contributed by atoms with van der Waals surface area (Å²) in [5, 5.41) is 10.1. The van der Waals surface area contributed by atoms with E-state index in [9.17, 15) is 9.90 Å². The van der Waals surface area contributed by atoms with Crippen molar-refractivity contribution in [2.75, 3.05) is 5.73 Å². The predicted molar refractivity (Wildman–Crippen MR) is 77.7 cm³/mol. The lowest BCUT2D eigenvalue weighted by Gasteiger charge is -2.03. The second kappa shape index (κ2) is 5.40. The van der Waals surface area contributed by atoms with Gasteiger partial charge < -0.3 is 10.8 Å². The number of aromatic nitrogens is 1. The Morgan fingerprint density at radius 1 is 1.47 bits per heavy atom. The number of nitrogen functional groups attached to an aromatic ring is 1. The fourth-order valence-corrected chi connectivity index (χ4v) is 2.84. The van der Waals surface area contributed by atoms with Crippen LogP contribution in [-0.2, 0) is 6.42 Å². The molecule has 19 heavy (non-hydrogen) atoms. The van der Waals surface area contributed by atoms with Crippen LogP contribution >= 0.6 is 11.3 Å². The molecule has 0 saturated heterocycles.